The van der Waals surface area contributed by atoms with Crippen molar-refractivity contribution in [2.75, 3.05) is 0 Å². The third-order valence-corrected chi connectivity index (χ3v) is 5.40. The molecule has 1 aromatic carbocycles. The summed E-state index contributed by atoms with van der Waals surface area (Å²) in [6, 6.07) is 7.95. The SMILES string of the molecule is O=C(O)CC1CCC(CC(=O)O)Cc2cccc(c2)CC(CC(=O)O)CC1. The van der Waals surface area contributed by atoms with E-state index < -0.39 is 17.9 Å². The molecular weight excluding hydrogens is 348 g/mol. The first-order valence-corrected chi connectivity index (χ1v) is 9.55. The van der Waals surface area contributed by atoms with Gasteiger partial charge in [0.15, 0.2) is 0 Å². The Morgan fingerprint density at radius 2 is 1.07 bits per heavy atom. The van der Waals surface area contributed by atoms with Crippen LogP contribution in [0.4, 0.5) is 0 Å². The van der Waals surface area contributed by atoms with Crippen molar-refractivity contribution in [3.8, 4) is 0 Å². The van der Waals surface area contributed by atoms with E-state index in [0.29, 0.717) is 38.5 Å². The fourth-order valence-electron chi connectivity index (χ4n) is 4.13. The number of carbonyl (C=O) groups is 3. The lowest BCUT2D eigenvalue weighted by Gasteiger charge is -2.24. The number of fused-ring (bicyclic) bond motifs is 2. The van der Waals surface area contributed by atoms with Gasteiger partial charge in [0.05, 0.1) is 0 Å². The Labute approximate surface area is 159 Å². The van der Waals surface area contributed by atoms with Crippen LogP contribution in [-0.4, -0.2) is 33.2 Å². The van der Waals surface area contributed by atoms with Crippen molar-refractivity contribution in [3.05, 3.63) is 35.4 Å². The van der Waals surface area contributed by atoms with Crippen molar-refractivity contribution in [2.45, 2.75) is 57.8 Å². The lowest BCUT2D eigenvalue weighted by atomic mass is 9.81. The van der Waals surface area contributed by atoms with Crippen molar-refractivity contribution >= 4 is 17.9 Å². The Morgan fingerprint density at radius 3 is 1.48 bits per heavy atom. The fourth-order valence-corrected chi connectivity index (χ4v) is 4.13. The number of hydrogen-bond donors (Lipinski definition) is 3. The standard InChI is InChI=1S/C21H28O6/c22-19(23)11-14-4-6-17(12-20(24)25)9-15-2-1-3-16(8-15)10-18(7-5-14)13-21(26)27/h1-3,8,14,17-18H,4-7,9-13H2,(H,22,23)(H,24,25)(H,26,27). The van der Waals surface area contributed by atoms with Gasteiger partial charge in [0.2, 0.25) is 0 Å². The Bertz CT molecular complexity index is 623. The molecule has 0 aromatic heterocycles. The molecule has 0 saturated heterocycles. The van der Waals surface area contributed by atoms with E-state index in [2.05, 4.69) is 6.07 Å². The quantitative estimate of drug-likeness (QED) is 0.699. The highest BCUT2D eigenvalue weighted by molar-refractivity contribution is 5.68. The number of rotatable bonds is 6. The largest absolute Gasteiger partial charge is 0.481 e. The molecule has 0 amide bonds. The summed E-state index contributed by atoms with van der Waals surface area (Å²) in [5.41, 5.74) is 2.12. The zero-order valence-electron chi connectivity index (χ0n) is 15.5. The van der Waals surface area contributed by atoms with Crippen LogP contribution < -0.4 is 0 Å². The second-order valence-electron chi connectivity index (χ2n) is 7.77. The van der Waals surface area contributed by atoms with Crippen molar-refractivity contribution in [1.29, 1.82) is 0 Å². The predicted octanol–water partition coefficient (Wildman–Crippen LogP) is 3.62. The monoisotopic (exact) mass is 376 g/mol. The van der Waals surface area contributed by atoms with Crippen LogP contribution in [0.3, 0.4) is 0 Å². The van der Waals surface area contributed by atoms with Crippen LogP contribution in [0.2, 0.25) is 0 Å². The molecule has 2 bridgehead atoms. The lowest BCUT2D eigenvalue weighted by molar-refractivity contribution is -0.140. The molecule has 6 nitrogen and oxygen atoms in total. The molecule has 1 aliphatic rings. The van der Waals surface area contributed by atoms with Gasteiger partial charge in [-0.2, -0.15) is 0 Å². The van der Waals surface area contributed by atoms with Gasteiger partial charge in [-0.1, -0.05) is 24.3 Å². The number of hydrogen-bond acceptors (Lipinski definition) is 3. The van der Waals surface area contributed by atoms with Crippen molar-refractivity contribution in [2.24, 2.45) is 17.8 Å². The molecule has 1 aliphatic carbocycles. The maximum Gasteiger partial charge on any atom is 0.303 e. The summed E-state index contributed by atoms with van der Waals surface area (Å²) < 4.78 is 0. The van der Waals surface area contributed by atoms with Crippen molar-refractivity contribution in [3.63, 3.8) is 0 Å². The van der Waals surface area contributed by atoms with Crippen LogP contribution in [0.1, 0.15) is 56.1 Å². The minimum Gasteiger partial charge on any atom is -0.481 e. The van der Waals surface area contributed by atoms with Crippen LogP contribution in [0.5, 0.6) is 0 Å². The summed E-state index contributed by atoms with van der Waals surface area (Å²) >= 11 is 0. The van der Waals surface area contributed by atoms with Gasteiger partial charge in [0.1, 0.15) is 0 Å². The Kier molecular flexibility index (Phi) is 7.82. The molecule has 0 fully saturated rings. The molecule has 2 rings (SSSR count). The van der Waals surface area contributed by atoms with Gasteiger partial charge in [-0.3, -0.25) is 14.4 Å². The first-order chi connectivity index (χ1) is 12.8. The van der Waals surface area contributed by atoms with Gasteiger partial charge in [0, 0.05) is 19.3 Å². The zero-order valence-corrected chi connectivity index (χ0v) is 15.5. The van der Waals surface area contributed by atoms with Crippen molar-refractivity contribution in [1.82, 2.24) is 0 Å². The van der Waals surface area contributed by atoms with Crippen LogP contribution >= 0.6 is 0 Å². The van der Waals surface area contributed by atoms with E-state index in [4.69, 9.17) is 0 Å². The van der Waals surface area contributed by atoms with E-state index in [1.54, 1.807) is 0 Å². The average molecular weight is 376 g/mol. The summed E-state index contributed by atoms with van der Waals surface area (Å²) in [6.45, 7) is 0. The Hall–Kier alpha value is -2.37. The number of aliphatic carboxylic acids is 3. The van der Waals surface area contributed by atoms with E-state index in [1.807, 2.05) is 18.2 Å². The molecule has 6 heteroatoms. The third-order valence-electron chi connectivity index (χ3n) is 5.40. The second kappa shape index (κ2) is 10.1. The van der Waals surface area contributed by atoms with Gasteiger partial charge < -0.3 is 15.3 Å². The number of carboxylic acids is 3. The predicted molar refractivity (Wildman–Crippen MR) is 99.5 cm³/mol. The number of carboxylic acid groups (broad SMARTS) is 3. The minimum absolute atomic E-state index is 0.0247. The molecule has 0 spiro atoms. The van der Waals surface area contributed by atoms with E-state index in [0.717, 1.165) is 11.1 Å². The summed E-state index contributed by atoms with van der Waals surface area (Å²) in [7, 11) is 0. The molecule has 3 N–H and O–H groups in total. The van der Waals surface area contributed by atoms with Crippen LogP contribution in [0.25, 0.3) is 0 Å². The Balaban J connectivity index is 2.24. The number of benzene rings is 1. The fraction of sp³-hybridized carbons (Fsp3) is 0.571. The first kappa shape index (κ1) is 20.9. The molecule has 27 heavy (non-hydrogen) atoms. The molecule has 148 valence electrons. The molecule has 0 radical (unpaired) electrons. The van der Waals surface area contributed by atoms with Gasteiger partial charge in [-0.15, -0.1) is 0 Å². The van der Waals surface area contributed by atoms with Gasteiger partial charge in [-0.25, -0.2) is 0 Å². The molecular formula is C21H28O6. The maximum absolute atomic E-state index is 11.2. The molecule has 2 unspecified atom stereocenters. The van der Waals surface area contributed by atoms with Crippen molar-refractivity contribution < 1.29 is 29.7 Å². The highest BCUT2D eigenvalue weighted by Gasteiger charge is 2.23. The Morgan fingerprint density at radius 1 is 0.704 bits per heavy atom. The first-order valence-electron chi connectivity index (χ1n) is 9.55. The summed E-state index contributed by atoms with van der Waals surface area (Å²) in [6.07, 6.45) is 4.12. The van der Waals surface area contributed by atoms with E-state index >= 15 is 0 Å². The van der Waals surface area contributed by atoms with Crippen LogP contribution in [0, 0.1) is 17.8 Å². The third kappa shape index (κ3) is 7.81. The smallest absolute Gasteiger partial charge is 0.303 e. The summed E-state index contributed by atoms with van der Waals surface area (Å²) in [5.74, 6) is -2.62. The van der Waals surface area contributed by atoms with E-state index in [-0.39, 0.29) is 37.0 Å². The van der Waals surface area contributed by atoms with E-state index in [1.165, 1.54) is 0 Å². The molecule has 1 aromatic rings. The second-order valence-corrected chi connectivity index (χ2v) is 7.77. The lowest BCUT2D eigenvalue weighted by Crippen LogP contribution is -2.18. The maximum atomic E-state index is 11.2. The van der Waals surface area contributed by atoms with Gasteiger partial charge in [-0.05, 0) is 67.4 Å². The normalized spacial score (nSPS) is 23.6. The summed E-state index contributed by atoms with van der Waals surface area (Å²) in [4.78, 5) is 33.6. The molecule has 0 heterocycles. The molecule has 2 atom stereocenters. The highest BCUT2D eigenvalue weighted by atomic mass is 16.4. The van der Waals surface area contributed by atoms with Crippen LogP contribution in [0.15, 0.2) is 24.3 Å². The molecule has 0 aliphatic heterocycles. The summed E-state index contributed by atoms with van der Waals surface area (Å²) in [5, 5.41) is 27.6. The van der Waals surface area contributed by atoms with Gasteiger partial charge in [0.25, 0.3) is 0 Å². The van der Waals surface area contributed by atoms with Gasteiger partial charge >= 0.3 is 17.9 Å². The average Bonchev–Trinajstić information content (AvgIpc) is 2.55. The molecule has 0 saturated carbocycles. The highest BCUT2D eigenvalue weighted by Crippen LogP contribution is 2.29. The van der Waals surface area contributed by atoms with E-state index in [9.17, 15) is 29.7 Å². The topological polar surface area (TPSA) is 112 Å². The van der Waals surface area contributed by atoms with Crippen LogP contribution in [-0.2, 0) is 27.2 Å². The zero-order chi connectivity index (χ0) is 19.8. The minimum atomic E-state index is -0.859.